The Morgan fingerprint density at radius 1 is 1.45 bits per heavy atom. The minimum atomic E-state index is -1.30. The molecular weight excluding hydrogens is 325 g/mol. The fraction of sp³-hybridized carbons (Fsp3) is 0.500. The lowest BCUT2D eigenvalue weighted by atomic mass is 9.91. The van der Waals surface area contributed by atoms with E-state index in [1.165, 1.54) is 6.92 Å². The second-order valence-electron chi connectivity index (χ2n) is 5.54. The predicted octanol–water partition coefficient (Wildman–Crippen LogP) is 2.81. The third kappa shape index (κ3) is 3.23. The predicted molar refractivity (Wildman–Crippen MR) is 85.9 cm³/mol. The van der Waals surface area contributed by atoms with Crippen LogP contribution in [0.25, 0.3) is 0 Å². The van der Waals surface area contributed by atoms with Crippen LogP contribution in [0.1, 0.15) is 19.4 Å². The molecular formula is C16H19Cl2NO3. The fourth-order valence-corrected chi connectivity index (χ4v) is 3.57. The summed E-state index contributed by atoms with van der Waals surface area (Å²) < 4.78 is 5.16. The molecule has 1 heterocycles. The van der Waals surface area contributed by atoms with E-state index in [-0.39, 0.29) is 17.7 Å². The van der Waals surface area contributed by atoms with Crippen LogP contribution < -0.4 is 0 Å². The molecule has 6 heteroatoms. The van der Waals surface area contributed by atoms with Crippen LogP contribution in [0, 0.1) is 5.92 Å². The van der Waals surface area contributed by atoms with Gasteiger partial charge in [0.15, 0.2) is 4.87 Å². The largest absolute Gasteiger partial charge is 0.460 e. The van der Waals surface area contributed by atoms with Gasteiger partial charge < -0.3 is 9.64 Å². The van der Waals surface area contributed by atoms with Gasteiger partial charge in [-0.15, -0.1) is 23.2 Å². The van der Waals surface area contributed by atoms with Gasteiger partial charge >= 0.3 is 5.97 Å². The molecule has 0 aromatic heterocycles. The second-order valence-corrected chi connectivity index (χ2v) is 6.48. The highest BCUT2D eigenvalue weighted by Gasteiger charge is 2.57. The van der Waals surface area contributed by atoms with Gasteiger partial charge in [0.25, 0.3) is 0 Å². The van der Waals surface area contributed by atoms with Crippen molar-refractivity contribution in [3.05, 3.63) is 35.9 Å². The van der Waals surface area contributed by atoms with Crippen molar-refractivity contribution in [2.75, 3.05) is 12.4 Å². The summed E-state index contributed by atoms with van der Waals surface area (Å²) in [6.45, 7) is 3.85. The maximum Gasteiger partial charge on any atom is 0.302 e. The number of likely N-dealkylation sites (tertiary alicyclic amines) is 1. The molecule has 0 radical (unpaired) electrons. The number of hydrogen-bond acceptors (Lipinski definition) is 3. The normalized spacial score (nSPS) is 26.1. The zero-order valence-corrected chi connectivity index (χ0v) is 14.1. The SMILES string of the molecule is CC(=O)OC(C)[C@@]1(Cl)C(=O)N(Cc2ccccc2)C[C@@H]1CCl. The van der Waals surface area contributed by atoms with E-state index in [0.29, 0.717) is 13.1 Å². The highest BCUT2D eigenvalue weighted by atomic mass is 35.5. The first-order valence-corrected chi connectivity index (χ1v) is 8.06. The molecule has 1 fully saturated rings. The number of rotatable bonds is 5. The van der Waals surface area contributed by atoms with Crippen molar-refractivity contribution in [2.24, 2.45) is 5.92 Å². The molecule has 0 bridgehead atoms. The highest BCUT2D eigenvalue weighted by Crippen LogP contribution is 2.40. The monoisotopic (exact) mass is 343 g/mol. The summed E-state index contributed by atoms with van der Waals surface area (Å²) in [6, 6.07) is 9.67. The van der Waals surface area contributed by atoms with E-state index in [9.17, 15) is 9.59 Å². The molecule has 0 aliphatic carbocycles. The Kier molecular flexibility index (Phi) is 5.35. The van der Waals surface area contributed by atoms with Gasteiger partial charge in [-0.3, -0.25) is 9.59 Å². The molecule has 1 amide bonds. The van der Waals surface area contributed by atoms with Gasteiger partial charge in [0.2, 0.25) is 5.91 Å². The Balaban J connectivity index is 2.20. The van der Waals surface area contributed by atoms with E-state index in [1.807, 2.05) is 30.3 Å². The Morgan fingerprint density at radius 3 is 2.64 bits per heavy atom. The van der Waals surface area contributed by atoms with Crippen LogP contribution in [0.2, 0.25) is 0 Å². The van der Waals surface area contributed by atoms with Crippen molar-refractivity contribution >= 4 is 35.1 Å². The quantitative estimate of drug-likeness (QED) is 0.610. The van der Waals surface area contributed by atoms with E-state index in [0.717, 1.165) is 5.56 Å². The van der Waals surface area contributed by atoms with Crippen LogP contribution in [0.4, 0.5) is 0 Å². The van der Waals surface area contributed by atoms with E-state index in [4.69, 9.17) is 27.9 Å². The first-order valence-electron chi connectivity index (χ1n) is 7.15. The average molecular weight is 344 g/mol. The highest BCUT2D eigenvalue weighted by molar-refractivity contribution is 6.37. The van der Waals surface area contributed by atoms with Crippen molar-refractivity contribution < 1.29 is 14.3 Å². The first kappa shape index (κ1) is 17.1. The van der Waals surface area contributed by atoms with Crippen LogP contribution in [0.5, 0.6) is 0 Å². The maximum atomic E-state index is 12.8. The molecule has 22 heavy (non-hydrogen) atoms. The van der Waals surface area contributed by atoms with Crippen LogP contribution in [-0.4, -0.2) is 40.2 Å². The first-order chi connectivity index (χ1) is 10.4. The third-order valence-electron chi connectivity index (χ3n) is 3.99. The number of benzene rings is 1. The zero-order valence-electron chi connectivity index (χ0n) is 12.6. The summed E-state index contributed by atoms with van der Waals surface area (Å²) >= 11 is 12.6. The van der Waals surface area contributed by atoms with Crippen LogP contribution in [-0.2, 0) is 20.9 Å². The number of carbonyl (C=O) groups is 2. The summed E-state index contributed by atoms with van der Waals surface area (Å²) in [6.07, 6.45) is -0.733. The summed E-state index contributed by atoms with van der Waals surface area (Å²) in [7, 11) is 0. The van der Waals surface area contributed by atoms with Crippen molar-refractivity contribution in [3.63, 3.8) is 0 Å². The van der Waals surface area contributed by atoms with Crippen molar-refractivity contribution in [3.8, 4) is 0 Å². The Hall–Kier alpha value is -1.26. The molecule has 0 N–H and O–H groups in total. The van der Waals surface area contributed by atoms with Crippen LogP contribution in [0.3, 0.4) is 0 Å². The minimum Gasteiger partial charge on any atom is -0.460 e. The number of alkyl halides is 2. The lowest BCUT2D eigenvalue weighted by Gasteiger charge is -2.30. The molecule has 1 unspecified atom stereocenters. The van der Waals surface area contributed by atoms with Gasteiger partial charge in [-0.1, -0.05) is 30.3 Å². The van der Waals surface area contributed by atoms with Gasteiger partial charge in [-0.2, -0.15) is 0 Å². The number of hydrogen-bond donors (Lipinski definition) is 0. The molecule has 1 saturated heterocycles. The van der Waals surface area contributed by atoms with Gasteiger partial charge in [0.1, 0.15) is 6.10 Å². The Morgan fingerprint density at radius 2 is 2.09 bits per heavy atom. The van der Waals surface area contributed by atoms with Gasteiger partial charge in [-0.05, 0) is 12.5 Å². The van der Waals surface area contributed by atoms with Crippen molar-refractivity contribution in [2.45, 2.75) is 31.4 Å². The molecule has 1 aliphatic heterocycles. The molecule has 1 aliphatic rings. The van der Waals surface area contributed by atoms with Crippen molar-refractivity contribution in [1.29, 1.82) is 0 Å². The molecule has 1 aromatic carbocycles. The maximum absolute atomic E-state index is 12.8. The number of ether oxygens (including phenoxy) is 1. The molecule has 1 aromatic rings. The smallest absolute Gasteiger partial charge is 0.302 e. The standard InChI is InChI=1S/C16H19Cl2NO3/c1-11(22-12(2)20)16(18)14(8-17)10-19(15(16)21)9-13-6-4-3-5-7-13/h3-7,11,14H,8-10H2,1-2H3/t11?,14-,16-/m0/s1. The molecule has 120 valence electrons. The van der Waals surface area contributed by atoms with Gasteiger partial charge in [0.05, 0.1) is 0 Å². The van der Waals surface area contributed by atoms with E-state index >= 15 is 0 Å². The average Bonchev–Trinajstić information content (AvgIpc) is 2.73. The summed E-state index contributed by atoms with van der Waals surface area (Å²) in [5.74, 6) is -0.749. The topological polar surface area (TPSA) is 46.6 Å². The Bertz CT molecular complexity index is 552. The van der Waals surface area contributed by atoms with Crippen molar-refractivity contribution in [1.82, 2.24) is 4.90 Å². The lowest BCUT2D eigenvalue weighted by Crippen LogP contribution is -2.49. The summed E-state index contributed by atoms with van der Waals surface area (Å²) in [4.78, 5) is 24.3. The molecule has 4 nitrogen and oxygen atoms in total. The van der Waals surface area contributed by atoms with E-state index < -0.39 is 16.9 Å². The molecule has 3 atom stereocenters. The van der Waals surface area contributed by atoms with Crippen LogP contribution >= 0.6 is 23.2 Å². The minimum absolute atomic E-state index is 0.228. The van der Waals surface area contributed by atoms with E-state index in [1.54, 1.807) is 11.8 Å². The molecule has 2 rings (SSSR count). The van der Waals surface area contributed by atoms with Gasteiger partial charge in [-0.25, -0.2) is 0 Å². The van der Waals surface area contributed by atoms with E-state index in [2.05, 4.69) is 0 Å². The zero-order chi connectivity index (χ0) is 16.3. The second kappa shape index (κ2) is 6.88. The summed E-state index contributed by atoms with van der Waals surface area (Å²) in [5.41, 5.74) is 1.02. The fourth-order valence-electron chi connectivity index (χ4n) is 2.84. The number of nitrogens with zero attached hydrogens (tertiary/aromatic N) is 1. The number of amides is 1. The van der Waals surface area contributed by atoms with Crippen LogP contribution in [0.15, 0.2) is 30.3 Å². The number of esters is 1. The third-order valence-corrected chi connectivity index (χ3v) is 5.14. The summed E-state index contributed by atoms with van der Waals surface area (Å²) in [5, 5.41) is 0. The number of halogens is 2. The molecule has 0 saturated carbocycles. The molecule has 0 spiro atoms. The lowest BCUT2D eigenvalue weighted by molar-refractivity contribution is -0.150. The van der Waals surface area contributed by atoms with Gasteiger partial charge in [0, 0.05) is 31.8 Å². The Labute approximate surface area is 140 Å². The number of carbonyl (C=O) groups excluding carboxylic acids is 2.